The summed E-state index contributed by atoms with van der Waals surface area (Å²) in [5, 5.41) is 51.1. The van der Waals surface area contributed by atoms with Crippen LogP contribution in [0, 0.1) is 11.8 Å². The maximum Gasteiger partial charge on any atom is 0.348 e. The van der Waals surface area contributed by atoms with Crippen molar-refractivity contribution in [2.75, 3.05) is 6.61 Å². The molecule has 218 valence electrons. The van der Waals surface area contributed by atoms with E-state index >= 15 is 0 Å². The number of aliphatic hydroxyl groups excluding tert-OH is 5. The van der Waals surface area contributed by atoms with Crippen LogP contribution in [0.1, 0.15) is 59.1 Å². The molecule has 2 aromatic rings. The van der Waals surface area contributed by atoms with Crippen LogP contribution in [0.3, 0.4) is 0 Å². The summed E-state index contributed by atoms with van der Waals surface area (Å²) in [5.74, 6) is -0.378. The highest BCUT2D eigenvalue weighted by molar-refractivity contribution is 7.13. The maximum atomic E-state index is 12.4. The van der Waals surface area contributed by atoms with Gasteiger partial charge < -0.3 is 30.3 Å². The van der Waals surface area contributed by atoms with Gasteiger partial charge in [-0.1, -0.05) is 30.1 Å². The van der Waals surface area contributed by atoms with Gasteiger partial charge in [-0.2, -0.15) is 0 Å². The quantitative estimate of drug-likeness (QED) is 0.153. The lowest BCUT2D eigenvalue weighted by Crippen LogP contribution is -2.46. The fourth-order valence-electron chi connectivity index (χ4n) is 5.19. The predicted octanol–water partition coefficient (Wildman–Crippen LogP) is 4.63. The van der Waals surface area contributed by atoms with Crippen molar-refractivity contribution in [3.05, 3.63) is 55.7 Å². The molecule has 8 atom stereocenters. The molecular weight excluding hydrogens is 587 g/mol. The average molecular weight is 624 g/mol. The minimum Gasteiger partial charge on any atom is -0.459 e. The van der Waals surface area contributed by atoms with E-state index < -0.39 is 43.1 Å². The van der Waals surface area contributed by atoms with Crippen LogP contribution < -0.4 is 0 Å². The molecule has 0 radical (unpaired) electrons. The highest BCUT2D eigenvalue weighted by atomic mass is 35.5. The lowest BCUT2D eigenvalue weighted by Gasteiger charge is -2.25. The Kier molecular flexibility index (Phi) is 12.8. The molecule has 1 fully saturated rings. The van der Waals surface area contributed by atoms with Gasteiger partial charge in [0.25, 0.3) is 0 Å². The summed E-state index contributed by atoms with van der Waals surface area (Å²) in [5.41, 5.74) is 1.03. The van der Waals surface area contributed by atoms with Crippen LogP contribution in [-0.4, -0.2) is 74.0 Å². The first-order chi connectivity index (χ1) is 18.5. The smallest absolute Gasteiger partial charge is 0.348 e. The average Bonchev–Trinajstić information content (AvgIpc) is 3.47. The Morgan fingerprint density at radius 2 is 1.67 bits per heavy atom. The van der Waals surface area contributed by atoms with Crippen molar-refractivity contribution in [1.29, 1.82) is 0 Å². The molecule has 1 saturated carbocycles. The molecule has 39 heavy (non-hydrogen) atoms. The van der Waals surface area contributed by atoms with Gasteiger partial charge in [0.2, 0.25) is 0 Å². The van der Waals surface area contributed by atoms with Crippen molar-refractivity contribution in [2.45, 2.75) is 87.8 Å². The second-order valence-electron chi connectivity index (χ2n) is 10.2. The van der Waals surface area contributed by atoms with Gasteiger partial charge in [-0.15, -0.1) is 22.9 Å². The predicted molar refractivity (Wildman–Crippen MR) is 154 cm³/mol. The lowest BCUT2D eigenvalue weighted by atomic mass is 9.85. The first-order valence-electron chi connectivity index (χ1n) is 13.2. The molecule has 0 aliphatic heterocycles. The molecule has 1 aromatic heterocycles. The minimum atomic E-state index is -1.64. The van der Waals surface area contributed by atoms with E-state index in [0.717, 1.165) is 42.5 Å². The van der Waals surface area contributed by atoms with E-state index in [1.807, 2.05) is 18.2 Å². The zero-order valence-corrected chi connectivity index (χ0v) is 24.8. The molecule has 1 aliphatic rings. The molecule has 7 nitrogen and oxygen atoms in total. The second kappa shape index (κ2) is 15.3. The lowest BCUT2D eigenvalue weighted by molar-refractivity contribution is -0.116. The summed E-state index contributed by atoms with van der Waals surface area (Å²) in [4.78, 5) is 13.8. The molecular formula is C28H37Cl3O7S. The van der Waals surface area contributed by atoms with Crippen LogP contribution in [0.4, 0.5) is 0 Å². The largest absolute Gasteiger partial charge is 0.459 e. The number of halogens is 3. The highest BCUT2D eigenvalue weighted by Gasteiger charge is 2.40. The molecule has 3 rings (SSSR count). The van der Waals surface area contributed by atoms with Crippen LogP contribution in [0.15, 0.2) is 30.3 Å². The second-order valence-corrected chi connectivity index (χ2v) is 12.8. The maximum absolute atomic E-state index is 12.4. The molecule has 0 unspecified atom stereocenters. The summed E-state index contributed by atoms with van der Waals surface area (Å²) in [6.07, 6.45) is -1.60. The normalized spacial score (nSPS) is 24.3. The van der Waals surface area contributed by atoms with E-state index in [4.69, 9.17) is 39.5 Å². The van der Waals surface area contributed by atoms with Crippen molar-refractivity contribution >= 4 is 52.1 Å². The molecule has 1 aromatic carbocycles. The van der Waals surface area contributed by atoms with Gasteiger partial charge in [-0.3, -0.25) is 0 Å². The SMILES string of the molecule is CC[C@H](O)[C@@H](O)[C@@H](O)[C@@H](O)COC(=O)c1ccc(CCC[C@@H]2[C@@H](CCc3cc(Cl)cc(Cl)c3)[C@H](O)C[C@H]2Cl)s1. The fraction of sp³-hybridized carbons (Fsp3) is 0.607. The first-order valence-corrected chi connectivity index (χ1v) is 15.3. The number of ether oxygens (including phenoxy) is 1. The third-order valence-corrected chi connectivity index (χ3v) is 9.49. The van der Waals surface area contributed by atoms with E-state index in [9.17, 15) is 30.3 Å². The Balaban J connectivity index is 1.46. The molecule has 5 N–H and O–H groups in total. The Hall–Kier alpha value is -0.940. The Bertz CT molecular complexity index is 1050. The van der Waals surface area contributed by atoms with E-state index in [1.54, 1.807) is 19.1 Å². The fourth-order valence-corrected chi connectivity index (χ4v) is 7.20. The third-order valence-electron chi connectivity index (χ3n) is 7.43. The number of carbonyl (C=O) groups is 1. The molecule has 0 bridgehead atoms. The number of hydrogen-bond donors (Lipinski definition) is 5. The van der Waals surface area contributed by atoms with Gasteiger partial charge in [-0.05, 0) is 92.7 Å². The number of thiophene rings is 1. The van der Waals surface area contributed by atoms with Crippen LogP contribution in [-0.2, 0) is 17.6 Å². The zero-order chi connectivity index (χ0) is 28.7. The summed E-state index contributed by atoms with van der Waals surface area (Å²) in [6, 6.07) is 9.00. The van der Waals surface area contributed by atoms with Crippen molar-refractivity contribution in [1.82, 2.24) is 0 Å². The van der Waals surface area contributed by atoms with Gasteiger partial charge in [-0.25, -0.2) is 4.79 Å². The highest BCUT2D eigenvalue weighted by Crippen LogP contribution is 2.42. The van der Waals surface area contributed by atoms with Crippen molar-refractivity contribution in [2.24, 2.45) is 11.8 Å². The molecule has 0 spiro atoms. The number of aliphatic hydroxyl groups is 5. The Morgan fingerprint density at radius 3 is 2.33 bits per heavy atom. The van der Waals surface area contributed by atoms with Gasteiger partial charge in [0.1, 0.15) is 29.8 Å². The number of benzene rings is 1. The Morgan fingerprint density at radius 1 is 1.00 bits per heavy atom. The molecule has 1 aliphatic carbocycles. The third kappa shape index (κ3) is 9.28. The monoisotopic (exact) mass is 622 g/mol. The van der Waals surface area contributed by atoms with Gasteiger partial charge in [0, 0.05) is 20.3 Å². The number of carbonyl (C=O) groups excluding carboxylic acids is 1. The number of alkyl halides is 1. The van der Waals surface area contributed by atoms with Crippen LogP contribution >= 0.6 is 46.1 Å². The van der Waals surface area contributed by atoms with Gasteiger partial charge in [0.15, 0.2) is 0 Å². The van der Waals surface area contributed by atoms with Gasteiger partial charge >= 0.3 is 5.97 Å². The van der Waals surface area contributed by atoms with Crippen LogP contribution in [0.25, 0.3) is 0 Å². The summed E-state index contributed by atoms with van der Waals surface area (Å²) in [7, 11) is 0. The summed E-state index contributed by atoms with van der Waals surface area (Å²) in [6.45, 7) is 1.12. The minimum absolute atomic E-state index is 0.0814. The van der Waals surface area contributed by atoms with Crippen LogP contribution in [0.5, 0.6) is 0 Å². The Labute approximate surface area is 248 Å². The van der Waals surface area contributed by atoms with E-state index in [0.29, 0.717) is 21.3 Å². The molecule has 0 saturated heterocycles. The first kappa shape index (κ1) is 32.6. The number of esters is 1. The number of rotatable bonds is 14. The number of hydrogen-bond acceptors (Lipinski definition) is 8. The van der Waals surface area contributed by atoms with E-state index in [1.165, 1.54) is 11.3 Å². The summed E-state index contributed by atoms with van der Waals surface area (Å²) >= 11 is 20.2. The van der Waals surface area contributed by atoms with Crippen LogP contribution in [0.2, 0.25) is 10.0 Å². The van der Waals surface area contributed by atoms with E-state index in [-0.39, 0.29) is 23.6 Å². The zero-order valence-electron chi connectivity index (χ0n) is 21.8. The van der Waals surface area contributed by atoms with Crippen molar-refractivity contribution in [3.8, 4) is 0 Å². The number of aryl methyl sites for hydroxylation is 2. The summed E-state index contributed by atoms with van der Waals surface area (Å²) < 4.78 is 5.10. The van der Waals surface area contributed by atoms with Crippen molar-refractivity contribution in [3.63, 3.8) is 0 Å². The van der Waals surface area contributed by atoms with Gasteiger partial charge in [0.05, 0.1) is 12.2 Å². The topological polar surface area (TPSA) is 127 Å². The molecule has 0 amide bonds. The molecule has 11 heteroatoms. The standard InChI is InChI=1S/C28H37Cl3O7S/c1-2-22(32)26(35)27(36)24(34)14-38-28(37)25-9-7-18(39-25)4-3-5-19-20(23(33)13-21(19)31)8-6-15-10-16(29)12-17(30)11-15/h7,9-12,19-24,26-27,32-36H,2-6,8,13-14H2,1H3/t19-,20-,21-,22+,23-,24+,26-,27+/m1/s1. The van der Waals surface area contributed by atoms with Crippen molar-refractivity contribution < 1.29 is 35.1 Å². The van der Waals surface area contributed by atoms with E-state index in [2.05, 4.69) is 0 Å². The molecule has 1 heterocycles.